The van der Waals surface area contributed by atoms with E-state index >= 15 is 0 Å². The number of hydrogen-bond acceptors (Lipinski definition) is 3. The summed E-state index contributed by atoms with van der Waals surface area (Å²) in [7, 11) is 1.35. The van der Waals surface area contributed by atoms with E-state index in [9.17, 15) is 4.79 Å². The first-order valence-electron chi connectivity index (χ1n) is 6.87. The molecule has 4 nitrogen and oxygen atoms in total. The van der Waals surface area contributed by atoms with Crippen molar-refractivity contribution >= 4 is 17.5 Å². The zero-order chi connectivity index (χ0) is 14.1. The number of amides is 1. The van der Waals surface area contributed by atoms with Crippen molar-refractivity contribution in [2.24, 2.45) is 0 Å². The summed E-state index contributed by atoms with van der Waals surface area (Å²) in [5.74, 6) is 0. The highest BCUT2D eigenvalue weighted by Crippen LogP contribution is 2.17. The summed E-state index contributed by atoms with van der Waals surface area (Å²) in [4.78, 5) is 11.1. The third-order valence-electron chi connectivity index (χ3n) is 2.95. The summed E-state index contributed by atoms with van der Waals surface area (Å²) in [6.07, 6.45) is 4.46. The molecule has 1 unspecified atom stereocenters. The maximum absolute atomic E-state index is 11.1. The van der Waals surface area contributed by atoms with Gasteiger partial charge in [-0.1, -0.05) is 32.3 Å². The Labute approximate surface area is 115 Å². The van der Waals surface area contributed by atoms with Gasteiger partial charge in [-0.25, -0.2) is 4.79 Å². The quantitative estimate of drug-likeness (QED) is 0.724. The standard InChI is InChI=1S/C15H24N2O2/c1-4-5-6-8-12(2)16-13-9-7-10-14(11-13)17-15(18)19-3/h7,9-12,16H,4-6,8H2,1-3H3,(H,17,18). The van der Waals surface area contributed by atoms with E-state index in [1.165, 1.54) is 26.4 Å². The number of carbonyl (C=O) groups excluding carboxylic acids is 1. The molecule has 0 spiro atoms. The first-order chi connectivity index (χ1) is 9.15. The molecule has 2 N–H and O–H groups in total. The van der Waals surface area contributed by atoms with Crippen LogP contribution in [0.1, 0.15) is 39.5 Å². The SMILES string of the molecule is CCCCCC(C)Nc1cccc(NC(=O)OC)c1. The second-order valence-corrected chi connectivity index (χ2v) is 4.74. The zero-order valence-corrected chi connectivity index (χ0v) is 12.0. The molecule has 1 atom stereocenters. The molecule has 0 bridgehead atoms. The third-order valence-corrected chi connectivity index (χ3v) is 2.95. The number of rotatable bonds is 7. The van der Waals surface area contributed by atoms with E-state index < -0.39 is 6.09 Å². The zero-order valence-electron chi connectivity index (χ0n) is 12.0. The van der Waals surface area contributed by atoms with Crippen LogP contribution >= 0.6 is 0 Å². The predicted molar refractivity (Wildman–Crippen MR) is 79.7 cm³/mol. The van der Waals surface area contributed by atoms with Crippen LogP contribution in [0.3, 0.4) is 0 Å². The average molecular weight is 264 g/mol. The molecule has 0 aliphatic rings. The molecule has 1 aromatic carbocycles. The van der Waals surface area contributed by atoms with E-state index in [1.807, 2.05) is 24.3 Å². The van der Waals surface area contributed by atoms with Gasteiger partial charge in [-0.05, 0) is 31.5 Å². The van der Waals surface area contributed by atoms with Crippen LogP contribution in [0.5, 0.6) is 0 Å². The second kappa shape index (κ2) is 8.40. The molecule has 0 aliphatic carbocycles. The predicted octanol–water partition coefficient (Wildman–Crippen LogP) is 4.25. The van der Waals surface area contributed by atoms with Crippen molar-refractivity contribution in [2.75, 3.05) is 17.7 Å². The lowest BCUT2D eigenvalue weighted by Crippen LogP contribution is -2.15. The summed E-state index contributed by atoms with van der Waals surface area (Å²) in [5, 5.41) is 6.10. The molecule has 0 heterocycles. The molecule has 4 heteroatoms. The number of anilines is 2. The molecule has 0 saturated carbocycles. The fraction of sp³-hybridized carbons (Fsp3) is 0.533. The minimum absolute atomic E-state index is 0.430. The van der Waals surface area contributed by atoms with E-state index in [2.05, 4.69) is 29.2 Å². The molecule has 1 rings (SSSR count). The van der Waals surface area contributed by atoms with Crippen LogP contribution in [0.25, 0.3) is 0 Å². The fourth-order valence-electron chi connectivity index (χ4n) is 1.91. The number of unbranched alkanes of at least 4 members (excludes halogenated alkanes) is 2. The van der Waals surface area contributed by atoms with Gasteiger partial charge in [0.2, 0.25) is 0 Å². The van der Waals surface area contributed by atoms with Crippen molar-refractivity contribution in [3.63, 3.8) is 0 Å². The van der Waals surface area contributed by atoms with E-state index in [0.29, 0.717) is 6.04 Å². The van der Waals surface area contributed by atoms with Gasteiger partial charge in [0, 0.05) is 17.4 Å². The van der Waals surface area contributed by atoms with Crippen LogP contribution in [-0.4, -0.2) is 19.2 Å². The van der Waals surface area contributed by atoms with Crippen molar-refractivity contribution in [3.8, 4) is 0 Å². The number of hydrogen-bond donors (Lipinski definition) is 2. The Balaban J connectivity index is 2.49. The average Bonchev–Trinajstić information content (AvgIpc) is 2.39. The Kier molecular flexibility index (Phi) is 6.79. The number of benzene rings is 1. The lowest BCUT2D eigenvalue weighted by Gasteiger charge is -2.15. The Morgan fingerprint density at radius 2 is 2.05 bits per heavy atom. The molecule has 1 aromatic rings. The maximum atomic E-state index is 11.1. The normalized spacial score (nSPS) is 11.7. The molecule has 1 amide bonds. The summed E-state index contributed by atoms with van der Waals surface area (Å²) < 4.78 is 4.57. The minimum Gasteiger partial charge on any atom is -0.453 e. The molecule has 0 radical (unpaired) electrons. The Hall–Kier alpha value is -1.71. The van der Waals surface area contributed by atoms with E-state index in [1.54, 1.807) is 0 Å². The van der Waals surface area contributed by atoms with Gasteiger partial charge in [-0.15, -0.1) is 0 Å². The molecule has 0 aliphatic heterocycles. The second-order valence-electron chi connectivity index (χ2n) is 4.74. The number of ether oxygens (including phenoxy) is 1. The Bertz CT molecular complexity index is 393. The summed E-state index contributed by atoms with van der Waals surface area (Å²) >= 11 is 0. The van der Waals surface area contributed by atoms with Crippen LogP contribution in [0.15, 0.2) is 24.3 Å². The topological polar surface area (TPSA) is 50.4 Å². The molecule has 0 aromatic heterocycles. The fourth-order valence-corrected chi connectivity index (χ4v) is 1.91. The first kappa shape index (κ1) is 15.3. The lowest BCUT2D eigenvalue weighted by molar-refractivity contribution is 0.187. The van der Waals surface area contributed by atoms with E-state index in [-0.39, 0.29) is 0 Å². The number of methoxy groups -OCH3 is 1. The van der Waals surface area contributed by atoms with Crippen molar-refractivity contribution in [1.29, 1.82) is 0 Å². The number of carbonyl (C=O) groups is 1. The van der Waals surface area contributed by atoms with E-state index in [4.69, 9.17) is 0 Å². The number of nitrogens with one attached hydrogen (secondary N) is 2. The van der Waals surface area contributed by atoms with Crippen LogP contribution in [0.2, 0.25) is 0 Å². The smallest absolute Gasteiger partial charge is 0.411 e. The van der Waals surface area contributed by atoms with Crippen LogP contribution in [0, 0.1) is 0 Å². The molecule has 106 valence electrons. The van der Waals surface area contributed by atoms with Crippen LogP contribution in [0.4, 0.5) is 16.2 Å². The summed E-state index contributed by atoms with van der Waals surface area (Å²) in [6, 6.07) is 8.09. The highest BCUT2D eigenvalue weighted by Gasteiger charge is 2.04. The van der Waals surface area contributed by atoms with Gasteiger partial charge in [0.05, 0.1) is 7.11 Å². The van der Waals surface area contributed by atoms with Crippen molar-refractivity contribution < 1.29 is 9.53 Å². The highest BCUT2D eigenvalue weighted by molar-refractivity contribution is 5.85. The molecular weight excluding hydrogens is 240 g/mol. The van der Waals surface area contributed by atoms with Gasteiger partial charge in [0.1, 0.15) is 0 Å². The third kappa shape index (κ3) is 6.13. The maximum Gasteiger partial charge on any atom is 0.411 e. The molecule has 0 fully saturated rings. The van der Waals surface area contributed by atoms with E-state index in [0.717, 1.165) is 17.8 Å². The van der Waals surface area contributed by atoms with Gasteiger partial charge in [-0.3, -0.25) is 5.32 Å². The molecule has 19 heavy (non-hydrogen) atoms. The summed E-state index contributed by atoms with van der Waals surface area (Å²) in [6.45, 7) is 4.39. The lowest BCUT2D eigenvalue weighted by atomic mass is 10.1. The van der Waals surface area contributed by atoms with Crippen LogP contribution < -0.4 is 10.6 Å². The van der Waals surface area contributed by atoms with Gasteiger partial charge in [0.15, 0.2) is 0 Å². The minimum atomic E-state index is -0.451. The summed E-state index contributed by atoms with van der Waals surface area (Å²) in [5.41, 5.74) is 1.75. The molecular formula is C15H24N2O2. The van der Waals surface area contributed by atoms with Gasteiger partial charge in [-0.2, -0.15) is 0 Å². The highest BCUT2D eigenvalue weighted by atomic mass is 16.5. The van der Waals surface area contributed by atoms with Gasteiger partial charge < -0.3 is 10.1 Å². The van der Waals surface area contributed by atoms with Gasteiger partial charge >= 0.3 is 6.09 Å². The monoisotopic (exact) mass is 264 g/mol. The van der Waals surface area contributed by atoms with Crippen molar-refractivity contribution in [2.45, 2.75) is 45.6 Å². The molecule has 0 saturated heterocycles. The van der Waals surface area contributed by atoms with Crippen molar-refractivity contribution in [3.05, 3.63) is 24.3 Å². The van der Waals surface area contributed by atoms with Gasteiger partial charge in [0.25, 0.3) is 0 Å². The largest absolute Gasteiger partial charge is 0.453 e. The van der Waals surface area contributed by atoms with Crippen molar-refractivity contribution in [1.82, 2.24) is 0 Å². The Morgan fingerprint density at radius 3 is 2.74 bits per heavy atom. The Morgan fingerprint density at radius 1 is 1.32 bits per heavy atom. The first-order valence-corrected chi connectivity index (χ1v) is 6.87. The van der Waals surface area contributed by atoms with Crippen LogP contribution in [-0.2, 0) is 4.74 Å².